The Hall–Kier alpha value is -1.12. The molecule has 1 N–H and O–H groups in total. The van der Waals surface area contributed by atoms with Crippen LogP contribution in [0.25, 0.3) is 0 Å². The van der Waals surface area contributed by atoms with Gasteiger partial charge in [-0.15, -0.1) is 10.2 Å². The van der Waals surface area contributed by atoms with Crippen molar-refractivity contribution in [2.45, 2.75) is 15.6 Å². The average molecular weight is 329 g/mol. The van der Waals surface area contributed by atoms with Crippen LogP contribution in [0, 0.1) is 12.7 Å². The smallest absolute Gasteiger partial charge is 0.234 e. The molecule has 0 aliphatic rings. The number of benzene rings is 1. The van der Waals surface area contributed by atoms with E-state index in [-0.39, 0.29) is 17.3 Å². The molecule has 4 nitrogen and oxygen atoms in total. The van der Waals surface area contributed by atoms with Crippen LogP contribution in [0.15, 0.2) is 26.9 Å². The van der Waals surface area contributed by atoms with E-state index in [0.29, 0.717) is 0 Å². The Bertz CT molecular complexity index is 618. The summed E-state index contributed by atoms with van der Waals surface area (Å²) in [4.78, 5) is 11.8. The maximum atomic E-state index is 13.6. The monoisotopic (exact) mass is 329 g/mol. The second-order valence-electron chi connectivity index (χ2n) is 3.86. The third-order valence-corrected chi connectivity index (χ3v) is 5.32. The molecule has 1 heterocycles. The molecule has 2 aromatic rings. The van der Waals surface area contributed by atoms with Crippen molar-refractivity contribution in [3.63, 3.8) is 0 Å². The SMILES string of the molecule is CSc1nnc(SCC(=O)Nc2ccc(C)cc2F)s1. The highest BCUT2D eigenvalue weighted by Gasteiger charge is 2.10. The summed E-state index contributed by atoms with van der Waals surface area (Å²) >= 11 is 4.24. The van der Waals surface area contributed by atoms with Crippen molar-refractivity contribution >= 4 is 46.5 Å². The summed E-state index contributed by atoms with van der Waals surface area (Å²) in [5.74, 6) is -0.515. The van der Waals surface area contributed by atoms with Crippen LogP contribution >= 0.6 is 34.9 Å². The van der Waals surface area contributed by atoms with Gasteiger partial charge in [-0.3, -0.25) is 4.79 Å². The number of halogens is 1. The van der Waals surface area contributed by atoms with Gasteiger partial charge in [0.2, 0.25) is 5.91 Å². The van der Waals surface area contributed by atoms with Gasteiger partial charge in [0, 0.05) is 0 Å². The van der Waals surface area contributed by atoms with Gasteiger partial charge in [0.15, 0.2) is 8.68 Å². The van der Waals surface area contributed by atoms with Crippen LogP contribution in [0.3, 0.4) is 0 Å². The highest BCUT2D eigenvalue weighted by molar-refractivity contribution is 8.03. The molecule has 0 unspecified atom stereocenters. The third-order valence-electron chi connectivity index (χ3n) is 2.29. The van der Waals surface area contributed by atoms with Crippen LogP contribution in [0.2, 0.25) is 0 Å². The van der Waals surface area contributed by atoms with E-state index in [4.69, 9.17) is 0 Å². The fraction of sp³-hybridized carbons (Fsp3) is 0.250. The Morgan fingerprint density at radius 1 is 1.40 bits per heavy atom. The zero-order valence-corrected chi connectivity index (χ0v) is 13.3. The maximum Gasteiger partial charge on any atom is 0.234 e. The largest absolute Gasteiger partial charge is 0.323 e. The quantitative estimate of drug-likeness (QED) is 0.852. The topological polar surface area (TPSA) is 54.9 Å². The molecular formula is C12H12FN3OS3. The number of amides is 1. The van der Waals surface area contributed by atoms with Crippen molar-refractivity contribution < 1.29 is 9.18 Å². The molecule has 0 saturated heterocycles. The van der Waals surface area contributed by atoms with Gasteiger partial charge in [-0.1, -0.05) is 40.9 Å². The Balaban J connectivity index is 1.89. The summed E-state index contributed by atoms with van der Waals surface area (Å²) in [5, 5.41) is 10.4. The molecule has 1 aromatic heterocycles. The number of nitrogens with zero attached hydrogens (tertiary/aromatic N) is 2. The first-order valence-electron chi connectivity index (χ1n) is 5.65. The maximum absolute atomic E-state index is 13.6. The van der Waals surface area contributed by atoms with Gasteiger partial charge in [0.25, 0.3) is 0 Å². The van der Waals surface area contributed by atoms with Gasteiger partial charge in [-0.25, -0.2) is 4.39 Å². The summed E-state index contributed by atoms with van der Waals surface area (Å²) in [7, 11) is 0. The van der Waals surface area contributed by atoms with Gasteiger partial charge >= 0.3 is 0 Å². The number of anilines is 1. The van der Waals surface area contributed by atoms with Crippen molar-refractivity contribution in [2.75, 3.05) is 17.3 Å². The molecule has 0 spiro atoms. The lowest BCUT2D eigenvalue weighted by atomic mass is 10.2. The molecule has 1 aromatic carbocycles. The van der Waals surface area contributed by atoms with Gasteiger partial charge in [0.1, 0.15) is 5.82 Å². The lowest BCUT2D eigenvalue weighted by molar-refractivity contribution is -0.113. The molecule has 2 rings (SSSR count). The van der Waals surface area contributed by atoms with Crippen LogP contribution in [0.5, 0.6) is 0 Å². The molecule has 0 saturated carbocycles. The van der Waals surface area contributed by atoms with Crippen LogP contribution < -0.4 is 5.32 Å². The molecule has 0 bridgehead atoms. The van der Waals surface area contributed by atoms with E-state index >= 15 is 0 Å². The third kappa shape index (κ3) is 4.19. The number of nitrogens with one attached hydrogen (secondary N) is 1. The van der Waals surface area contributed by atoms with Gasteiger partial charge in [-0.2, -0.15) is 0 Å². The fourth-order valence-electron chi connectivity index (χ4n) is 1.37. The molecule has 106 valence electrons. The summed E-state index contributed by atoms with van der Waals surface area (Å²) in [6.45, 7) is 1.79. The number of rotatable bonds is 5. The molecule has 0 radical (unpaired) electrons. The number of hydrogen-bond acceptors (Lipinski definition) is 6. The zero-order valence-electron chi connectivity index (χ0n) is 10.8. The Labute approximate surface area is 128 Å². The summed E-state index contributed by atoms with van der Waals surface area (Å²) in [6.07, 6.45) is 1.92. The van der Waals surface area contributed by atoms with E-state index in [1.807, 2.05) is 6.26 Å². The zero-order chi connectivity index (χ0) is 14.5. The van der Waals surface area contributed by atoms with E-state index in [2.05, 4.69) is 15.5 Å². The minimum absolute atomic E-state index is 0.177. The fourth-order valence-corrected chi connectivity index (χ4v) is 3.61. The second-order valence-corrected chi connectivity index (χ2v) is 7.11. The van der Waals surface area contributed by atoms with E-state index in [9.17, 15) is 9.18 Å². The minimum Gasteiger partial charge on any atom is -0.323 e. The predicted molar refractivity (Wildman–Crippen MR) is 82.2 cm³/mol. The summed E-state index contributed by atoms with van der Waals surface area (Å²) in [6, 6.07) is 4.70. The highest BCUT2D eigenvalue weighted by Crippen LogP contribution is 2.27. The number of aromatic nitrogens is 2. The first kappa shape index (κ1) is 15.3. The Kier molecular flexibility index (Phi) is 5.38. The van der Waals surface area contributed by atoms with Crippen molar-refractivity contribution in [2.24, 2.45) is 0 Å². The van der Waals surface area contributed by atoms with Crippen molar-refractivity contribution in [1.82, 2.24) is 10.2 Å². The van der Waals surface area contributed by atoms with Crippen molar-refractivity contribution in [3.8, 4) is 0 Å². The van der Waals surface area contributed by atoms with Gasteiger partial charge < -0.3 is 5.32 Å². The van der Waals surface area contributed by atoms with Crippen molar-refractivity contribution in [1.29, 1.82) is 0 Å². The standard InChI is InChI=1S/C12H12FN3OS3/c1-7-3-4-9(8(13)5-7)14-10(17)6-19-12-16-15-11(18-2)20-12/h3-5H,6H2,1-2H3,(H,14,17). The van der Waals surface area contributed by atoms with E-state index < -0.39 is 5.82 Å². The van der Waals surface area contributed by atoms with E-state index in [1.54, 1.807) is 19.1 Å². The minimum atomic E-state index is -0.427. The number of aryl methyl sites for hydroxylation is 1. The van der Waals surface area contributed by atoms with Crippen LogP contribution in [0.4, 0.5) is 10.1 Å². The Morgan fingerprint density at radius 3 is 2.80 bits per heavy atom. The van der Waals surface area contributed by atoms with Crippen LogP contribution in [-0.4, -0.2) is 28.1 Å². The Morgan fingerprint density at radius 2 is 2.15 bits per heavy atom. The number of carbonyl (C=O) groups excluding carboxylic acids is 1. The predicted octanol–water partition coefficient (Wildman–Crippen LogP) is 3.44. The van der Waals surface area contributed by atoms with Gasteiger partial charge in [-0.05, 0) is 30.9 Å². The van der Waals surface area contributed by atoms with Crippen LogP contribution in [0.1, 0.15) is 5.56 Å². The normalized spacial score (nSPS) is 10.6. The van der Waals surface area contributed by atoms with Crippen LogP contribution in [-0.2, 0) is 4.79 Å². The average Bonchev–Trinajstić information content (AvgIpc) is 2.88. The lowest BCUT2D eigenvalue weighted by Gasteiger charge is -2.06. The molecule has 1 amide bonds. The number of hydrogen-bond donors (Lipinski definition) is 1. The van der Waals surface area contributed by atoms with E-state index in [1.165, 1.54) is 40.9 Å². The molecule has 0 fully saturated rings. The molecule has 0 aliphatic carbocycles. The van der Waals surface area contributed by atoms with Gasteiger partial charge in [0.05, 0.1) is 11.4 Å². The molecule has 20 heavy (non-hydrogen) atoms. The summed E-state index contributed by atoms with van der Waals surface area (Å²) in [5.41, 5.74) is 1.01. The first-order chi connectivity index (χ1) is 9.58. The number of thioether (sulfide) groups is 2. The van der Waals surface area contributed by atoms with E-state index in [0.717, 1.165) is 14.2 Å². The first-order valence-corrected chi connectivity index (χ1v) is 8.67. The van der Waals surface area contributed by atoms with Crippen molar-refractivity contribution in [3.05, 3.63) is 29.6 Å². The molecule has 8 heteroatoms. The summed E-state index contributed by atoms with van der Waals surface area (Å²) < 4.78 is 15.2. The second kappa shape index (κ2) is 7.05. The molecule has 0 atom stereocenters. The lowest BCUT2D eigenvalue weighted by Crippen LogP contribution is -2.15. The highest BCUT2D eigenvalue weighted by atomic mass is 32.2. The molecule has 0 aliphatic heterocycles. The number of carbonyl (C=O) groups is 1. The molecular weight excluding hydrogens is 317 g/mol.